The molecule has 0 atom stereocenters. The van der Waals surface area contributed by atoms with Crippen molar-refractivity contribution in [3.63, 3.8) is 0 Å². The van der Waals surface area contributed by atoms with E-state index in [0.29, 0.717) is 11.3 Å². The number of ether oxygens (including phenoxy) is 1. The van der Waals surface area contributed by atoms with Crippen LogP contribution in [-0.2, 0) is 4.79 Å². The van der Waals surface area contributed by atoms with E-state index in [-0.39, 0.29) is 18.4 Å². The van der Waals surface area contributed by atoms with Crippen molar-refractivity contribution in [1.82, 2.24) is 10.9 Å². The lowest BCUT2D eigenvalue weighted by Gasteiger charge is -2.15. The van der Waals surface area contributed by atoms with Crippen molar-refractivity contribution in [2.45, 2.75) is 26.7 Å². The molecule has 0 heterocycles. The first-order valence-electron chi connectivity index (χ1n) is 9.25. The molecule has 0 bridgehead atoms. The van der Waals surface area contributed by atoms with Crippen LogP contribution in [0.25, 0.3) is 10.8 Å². The normalized spacial score (nSPS) is 10.7. The third-order valence-electron chi connectivity index (χ3n) is 4.48. The maximum Gasteiger partial charge on any atom is 0.276 e. The second-order valence-corrected chi connectivity index (χ2v) is 7.05. The largest absolute Gasteiger partial charge is 0.483 e. The number of nitrogens with one attached hydrogen (secondary N) is 2. The van der Waals surface area contributed by atoms with Gasteiger partial charge in [0.25, 0.3) is 11.8 Å². The Morgan fingerprint density at radius 2 is 1.68 bits per heavy atom. The number of hydrogen-bond acceptors (Lipinski definition) is 3. The Bertz CT molecular complexity index is 1010. The minimum absolute atomic E-state index is 0.179. The molecule has 144 valence electrons. The van der Waals surface area contributed by atoms with Crippen molar-refractivity contribution in [1.29, 1.82) is 0 Å². The molecular formula is C23H24N2O3. The zero-order chi connectivity index (χ0) is 20.1. The summed E-state index contributed by atoms with van der Waals surface area (Å²) in [5.74, 6) is 0.167. The van der Waals surface area contributed by atoms with Gasteiger partial charge in [0.1, 0.15) is 5.75 Å². The molecule has 5 heteroatoms. The summed E-state index contributed by atoms with van der Waals surface area (Å²) in [6, 6.07) is 19.1. The highest BCUT2D eigenvalue weighted by Gasteiger charge is 2.12. The molecule has 28 heavy (non-hydrogen) atoms. The highest BCUT2D eigenvalue weighted by molar-refractivity contribution is 5.99. The van der Waals surface area contributed by atoms with Crippen LogP contribution in [0.3, 0.4) is 0 Å². The molecular weight excluding hydrogens is 352 g/mol. The SMILES string of the molecule is Cc1ccc(C(C)C)c(OCC(=O)NNC(=O)c2ccc3ccccc3c2)c1. The van der Waals surface area contributed by atoms with Crippen LogP contribution < -0.4 is 15.6 Å². The van der Waals surface area contributed by atoms with Crippen LogP contribution in [0.15, 0.2) is 60.7 Å². The van der Waals surface area contributed by atoms with E-state index in [1.807, 2.05) is 55.5 Å². The Balaban J connectivity index is 1.57. The van der Waals surface area contributed by atoms with Gasteiger partial charge in [0, 0.05) is 5.56 Å². The first kappa shape index (κ1) is 19.4. The Labute approximate surface area is 164 Å². The van der Waals surface area contributed by atoms with Crippen molar-refractivity contribution in [3.8, 4) is 5.75 Å². The van der Waals surface area contributed by atoms with Gasteiger partial charge in [0.05, 0.1) is 0 Å². The molecule has 0 aliphatic carbocycles. The number of aryl methyl sites for hydroxylation is 1. The molecule has 0 aliphatic rings. The van der Waals surface area contributed by atoms with Gasteiger partial charge in [0.15, 0.2) is 6.61 Å². The van der Waals surface area contributed by atoms with Gasteiger partial charge in [-0.05, 0) is 52.9 Å². The predicted molar refractivity (Wildman–Crippen MR) is 110 cm³/mol. The third kappa shape index (κ3) is 4.68. The summed E-state index contributed by atoms with van der Waals surface area (Å²) < 4.78 is 5.67. The minimum atomic E-state index is -0.426. The van der Waals surface area contributed by atoms with Gasteiger partial charge in [-0.3, -0.25) is 20.4 Å². The van der Waals surface area contributed by atoms with E-state index in [0.717, 1.165) is 21.9 Å². The van der Waals surface area contributed by atoms with Crippen molar-refractivity contribution in [3.05, 3.63) is 77.4 Å². The van der Waals surface area contributed by atoms with Gasteiger partial charge in [-0.1, -0.05) is 56.3 Å². The number of hydrazine groups is 1. The summed E-state index contributed by atoms with van der Waals surface area (Å²) >= 11 is 0. The van der Waals surface area contributed by atoms with Crippen molar-refractivity contribution >= 4 is 22.6 Å². The van der Waals surface area contributed by atoms with Crippen LogP contribution in [0.4, 0.5) is 0 Å². The van der Waals surface area contributed by atoms with E-state index in [9.17, 15) is 9.59 Å². The molecule has 0 aliphatic heterocycles. The standard InChI is InChI=1S/C23H24N2O3/c1-15(2)20-11-8-16(3)12-21(20)28-14-22(26)24-25-23(27)19-10-9-17-6-4-5-7-18(17)13-19/h4-13,15H,14H2,1-3H3,(H,24,26)(H,25,27). The van der Waals surface area contributed by atoms with E-state index >= 15 is 0 Å². The smallest absolute Gasteiger partial charge is 0.276 e. The fourth-order valence-corrected chi connectivity index (χ4v) is 2.95. The van der Waals surface area contributed by atoms with Crippen LogP contribution in [0.2, 0.25) is 0 Å². The summed E-state index contributed by atoms with van der Waals surface area (Å²) in [5.41, 5.74) is 7.40. The van der Waals surface area contributed by atoms with Gasteiger partial charge in [-0.2, -0.15) is 0 Å². The van der Waals surface area contributed by atoms with Crippen LogP contribution in [0, 0.1) is 6.92 Å². The van der Waals surface area contributed by atoms with Gasteiger partial charge < -0.3 is 4.74 Å². The fraction of sp³-hybridized carbons (Fsp3) is 0.217. The summed E-state index contributed by atoms with van der Waals surface area (Å²) in [6.45, 7) is 5.94. The number of amides is 2. The van der Waals surface area contributed by atoms with Crippen molar-refractivity contribution in [2.24, 2.45) is 0 Å². The zero-order valence-electron chi connectivity index (χ0n) is 16.3. The number of rotatable bonds is 5. The van der Waals surface area contributed by atoms with E-state index < -0.39 is 5.91 Å². The van der Waals surface area contributed by atoms with Gasteiger partial charge in [0.2, 0.25) is 0 Å². The maximum atomic E-state index is 12.3. The first-order chi connectivity index (χ1) is 13.4. The average Bonchev–Trinajstić information content (AvgIpc) is 2.69. The molecule has 0 aromatic heterocycles. The molecule has 5 nitrogen and oxygen atoms in total. The van der Waals surface area contributed by atoms with E-state index in [1.165, 1.54) is 0 Å². The van der Waals surface area contributed by atoms with E-state index in [1.54, 1.807) is 12.1 Å². The Hall–Kier alpha value is -3.34. The summed E-state index contributed by atoms with van der Waals surface area (Å²) in [6.07, 6.45) is 0. The van der Waals surface area contributed by atoms with Gasteiger partial charge in [-0.15, -0.1) is 0 Å². The average molecular weight is 376 g/mol. The summed E-state index contributed by atoms with van der Waals surface area (Å²) in [5, 5.41) is 2.01. The lowest BCUT2D eigenvalue weighted by atomic mass is 10.0. The van der Waals surface area contributed by atoms with Crippen LogP contribution in [-0.4, -0.2) is 18.4 Å². The second kappa shape index (κ2) is 8.57. The van der Waals surface area contributed by atoms with Gasteiger partial charge >= 0.3 is 0 Å². The Morgan fingerprint density at radius 1 is 0.929 bits per heavy atom. The highest BCUT2D eigenvalue weighted by Crippen LogP contribution is 2.27. The molecule has 0 unspecified atom stereocenters. The fourth-order valence-electron chi connectivity index (χ4n) is 2.95. The lowest BCUT2D eigenvalue weighted by Crippen LogP contribution is -2.43. The molecule has 3 aromatic carbocycles. The second-order valence-electron chi connectivity index (χ2n) is 7.05. The third-order valence-corrected chi connectivity index (χ3v) is 4.48. The molecule has 0 saturated carbocycles. The molecule has 2 N–H and O–H groups in total. The number of carbonyl (C=O) groups excluding carboxylic acids is 2. The van der Waals surface area contributed by atoms with Crippen molar-refractivity contribution in [2.75, 3.05) is 6.61 Å². The van der Waals surface area contributed by atoms with Crippen molar-refractivity contribution < 1.29 is 14.3 Å². The van der Waals surface area contributed by atoms with E-state index in [2.05, 4.69) is 24.7 Å². The van der Waals surface area contributed by atoms with Crippen LogP contribution >= 0.6 is 0 Å². The molecule has 0 saturated heterocycles. The molecule has 0 radical (unpaired) electrons. The van der Waals surface area contributed by atoms with E-state index in [4.69, 9.17) is 4.74 Å². The number of fused-ring (bicyclic) bond motifs is 1. The highest BCUT2D eigenvalue weighted by atomic mass is 16.5. The molecule has 0 fully saturated rings. The number of hydrogen-bond donors (Lipinski definition) is 2. The van der Waals surface area contributed by atoms with Crippen LogP contribution in [0.5, 0.6) is 5.75 Å². The molecule has 2 amide bonds. The topological polar surface area (TPSA) is 67.4 Å². The summed E-state index contributed by atoms with van der Waals surface area (Å²) in [4.78, 5) is 24.4. The Morgan fingerprint density at radius 3 is 2.43 bits per heavy atom. The maximum absolute atomic E-state index is 12.3. The lowest BCUT2D eigenvalue weighted by molar-refractivity contribution is -0.123. The summed E-state index contributed by atoms with van der Waals surface area (Å²) in [7, 11) is 0. The van der Waals surface area contributed by atoms with Crippen LogP contribution in [0.1, 0.15) is 41.3 Å². The minimum Gasteiger partial charge on any atom is -0.483 e. The molecule has 0 spiro atoms. The van der Waals surface area contributed by atoms with Gasteiger partial charge in [-0.25, -0.2) is 0 Å². The molecule has 3 rings (SSSR count). The number of carbonyl (C=O) groups is 2. The first-order valence-corrected chi connectivity index (χ1v) is 9.25. The number of benzene rings is 3. The molecule has 3 aromatic rings. The predicted octanol–water partition coefficient (Wildman–Crippen LogP) is 4.11. The zero-order valence-corrected chi connectivity index (χ0v) is 16.3. The Kier molecular flexibility index (Phi) is 5.94. The quantitative estimate of drug-likeness (QED) is 0.659. The monoisotopic (exact) mass is 376 g/mol.